The summed E-state index contributed by atoms with van der Waals surface area (Å²) in [5.74, 6) is 0. The Morgan fingerprint density at radius 3 is 1.48 bits per heavy atom. The summed E-state index contributed by atoms with van der Waals surface area (Å²) in [5, 5.41) is 10.0. The normalized spacial score (nSPS) is 13.1. The molecule has 1 nitrogen and oxygen atoms in total. The van der Waals surface area contributed by atoms with Gasteiger partial charge in [-0.25, -0.2) is 0 Å². The molecular weight excluding hydrogens is 328 g/mol. The fourth-order valence-electron chi connectivity index (χ4n) is 3.50. The predicted octanol–water partition coefficient (Wildman–Crippen LogP) is 8.91. The summed E-state index contributed by atoms with van der Waals surface area (Å²) in [5.41, 5.74) is 0. The van der Waals surface area contributed by atoms with Gasteiger partial charge in [0, 0.05) is 0 Å². The topological polar surface area (TPSA) is 20.2 Å². The second-order valence-corrected chi connectivity index (χ2v) is 8.23. The molecule has 0 radical (unpaired) electrons. The summed E-state index contributed by atoms with van der Waals surface area (Å²) < 4.78 is 0. The first kappa shape index (κ1) is 26.4. The SMILES string of the molecule is CCCCC/C=C\C/C=C\CCCCCCCCC(O)CCCCCCC. The van der Waals surface area contributed by atoms with Crippen molar-refractivity contribution in [1.29, 1.82) is 0 Å². The monoisotopic (exact) mass is 378 g/mol. The molecule has 0 rings (SSSR count). The van der Waals surface area contributed by atoms with Crippen LogP contribution in [0.5, 0.6) is 0 Å². The molecule has 1 unspecified atom stereocenters. The zero-order valence-electron chi connectivity index (χ0n) is 18.8. The van der Waals surface area contributed by atoms with Gasteiger partial charge in [0.1, 0.15) is 0 Å². The molecule has 1 atom stereocenters. The molecule has 1 heteroatoms. The standard InChI is InChI=1S/C26H50O/c1-3-5-7-9-10-11-12-13-14-15-16-17-18-19-21-23-25-26(27)24-22-20-8-6-4-2/h10-11,13-14,26-27H,3-9,12,15-25H2,1-2H3/b11-10-,14-13-. The summed E-state index contributed by atoms with van der Waals surface area (Å²) in [7, 11) is 0. The number of allylic oxidation sites excluding steroid dienone is 4. The van der Waals surface area contributed by atoms with Crippen LogP contribution < -0.4 is 0 Å². The number of rotatable bonds is 21. The fraction of sp³-hybridized carbons (Fsp3) is 0.846. The smallest absolute Gasteiger partial charge is 0.0540 e. The summed E-state index contributed by atoms with van der Waals surface area (Å²) in [6.07, 6.45) is 33.3. The maximum atomic E-state index is 10.0. The Hall–Kier alpha value is -0.560. The Labute approximate surface area is 171 Å². The van der Waals surface area contributed by atoms with Gasteiger partial charge in [-0.3, -0.25) is 0 Å². The summed E-state index contributed by atoms with van der Waals surface area (Å²) in [6, 6.07) is 0. The van der Waals surface area contributed by atoms with Crippen molar-refractivity contribution < 1.29 is 5.11 Å². The Morgan fingerprint density at radius 2 is 0.926 bits per heavy atom. The molecule has 0 saturated carbocycles. The molecule has 1 N–H and O–H groups in total. The van der Waals surface area contributed by atoms with Gasteiger partial charge < -0.3 is 5.11 Å². The van der Waals surface area contributed by atoms with Crippen LogP contribution in [0.1, 0.15) is 136 Å². The Kier molecular flexibility index (Phi) is 23.0. The van der Waals surface area contributed by atoms with Gasteiger partial charge in [0.15, 0.2) is 0 Å². The molecular formula is C26H50O. The minimum Gasteiger partial charge on any atom is -0.393 e. The molecule has 0 aliphatic rings. The van der Waals surface area contributed by atoms with Crippen molar-refractivity contribution in [2.24, 2.45) is 0 Å². The van der Waals surface area contributed by atoms with E-state index < -0.39 is 0 Å². The molecule has 0 aromatic heterocycles. The lowest BCUT2D eigenvalue weighted by Gasteiger charge is -2.10. The van der Waals surface area contributed by atoms with Crippen LogP contribution in [-0.2, 0) is 0 Å². The van der Waals surface area contributed by atoms with E-state index in [1.165, 1.54) is 103 Å². The van der Waals surface area contributed by atoms with E-state index in [0.29, 0.717) is 0 Å². The van der Waals surface area contributed by atoms with Crippen LogP contribution in [0.3, 0.4) is 0 Å². The maximum absolute atomic E-state index is 10.0. The quantitative estimate of drug-likeness (QED) is 0.156. The van der Waals surface area contributed by atoms with Crippen LogP contribution in [0.4, 0.5) is 0 Å². The van der Waals surface area contributed by atoms with Gasteiger partial charge in [0.05, 0.1) is 6.10 Å². The third-order valence-corrected chi connectivity index (χ3v) is 5.38. The largest absolute Gasteiger partial charge is 0.393 e. The molecule has 0 aromatic rings. The molecule has 27 heavy (non-hydrogen) atoms. The zero-order chi connectivity index (χ0) is 19.8. The van der Waals surface area contributed by atoms with E-state index in [1.807, 2.05) is 0 Å². The van der Waals surface area contributed by atoms with Crippen LogP contribution in [0.2, 0.25) is 0 Å². The number of aliphatic hydroxyl groups excluding tert-OH is 1. The molecule has 0 saturated heterocycles. The average Bonchev–Trinajstić information content (AvgIpc) is 2.67. The summed E-state index contributed by atoms with van der Waals surface area (Å²) in [6.45, 7) is 4.51. The van der Waals surface area contributed by atoms with E-state index in [4.69, 9.17) is 0 Å². The number of hydrogen-bond acceptors (Lipinski definition) is 1. The fourth-order valence-corrected chi connectivity index (χ4v) is 3.50. The van der Waals surface area contributed by atoms with Crippen LogP contribution in [0.15, 0.2) is 24.3 Å². The Morgan fingerprint density at radius 1 is 0.519 bits per heavy atom. The number of unbranched alkanes of at least 4 members (excludes halogenated alkanes) is 13. The minimum atomic E-state index is -0.0440. The first-order valence-corrected chi connectivity index (χ1v) is 12.3. The van der Waals surface area contributed by atoms with Crippen molar-refractivity contribution >= 4 is 0 Å². The molecule has 160 valence electrons. The van der Waals surface area contributed by atoms with Crippen LogP contribution in [0, 0.1) is 0 Å². The first-order valence-electron chi connectivity index (χ1n) is 12.3. The van der Waals surface area contributed by atoms with Crippen molar-refractivity contribution in [2.45, 2.75) is 142 Å². The van der Waals surface area contributed by atoms with Crippen molar-refractivity contribution in [3.05, 3.63) is 24.3 Å². The molecule has 0 fully saturated rings. The number of hydrogen-bond donors (Lipinski definition) is 1. The Bertz CT molecular complexity index is 318. The molecule has 0 aliphatic carbocycles. The molecule has 0 aromatic carbocycles. The highest BCUT2D eigenvalue weighted by Crippen LogP contribution is 2.14. The molecule has 0 amide bonds. The summed E-state index contributed by atoms with van der Waals surface area (Å²) >= 11 is 0. The van der Waals surface area contributed by atoms with E-state index in [-0.39, 0.29) is 6.10 Å². The Balaban J connectivity index is 3.22. The van der Waals surface area contributed by atoms with E-state index >= 15 is 0 Å². The third-order valence-electron chi connectivity index (χ3n) is 5.38. The second-order valence-electron chi connectivity index (χ2n) is 8.23. The van der Waals surface area contributed by atoms with Gasteiger partial charge in [0.25, 0.3) is 0 Å². The van der Waals surface area contributed by atoms with Gasteiger partial charge in [-0.2, -0.15) is 0 Å². The van der Waals surface area contributed by atoms with Crippen molar-refractivity contribution in [2.75, 3.05) is 0 Å². The van der Waals surface area contributed by atoms with Gasteiger partial charge >= 0.3 is 0 Å². The van der Waals surface area contributed by atoms with Gasteiger partial charge in [-0.05, 0) is 44.9 Å². The highest BCUT2D eigenvalue weighted by Gasteiger charge is 2.03. The van der Waals surface area contributed by atoms with Crippen molar-refractivity contribution in [1.82, 2.24) is 0 Å². The van der Waals surface area contributed by atoms with Crippen LogP contribution >= 0.6 is 0 Å². The summed E-state index contributed by atoms with van der Waals surface area (Å²) in [4.78, 5) is 0. The number of aliphatic hydroxyl groups is 1. The highest BCUT2D eigenvalue weighted by molar-refractivity contribution is 4.92. The molecule has 0 aliphatic heterocycles. The lowest BCUT2D eigenvalue weighted by Crippen LogP contribution is -2.05. The third kappa shape index (κ3) is 23.4. The highest BCUT2D eigenvalue weighted by atomic mass is 16.3. The molecule has 0 spiro atoms. The predicted molar refractivity (Wildman–Crippen MR) is 123 cm³/mol. The van der Waals surface area contributed by atoms with Crippen LogP contribution in [-0.4, -0.2) is 11.2 Å². The molecule has 0 heterocycles. The zero-order valence-corrected chi connectivity index (χ0v) is 18.8. The van der Waals surface area contributed by atoms with E-state index in [2.05, 4.69) is 38.2 Å². The van der Waals surface area contributed by atoms with E-state index in [1.54, 1.807) is 0 Å². The van der Waals surface area contributed by atoms with Crippen molar-refractivity contribution in [3.63, 3.8) is 0 Å². The lowest BCUT2D eigenvalue weighted by atomic mass is 10.0. The molecule has 0 bridgehead atoms. The maximum Gasteiger partial charge on any atom is 0.0540 e. The first-order chi connectivity index (χ1) is 13.3. The van der Waals surface area contributed by atoms with Gasteiger partial charge in [-0.1, -0.05) is 115 Å². The van der Waals surface area contributed by atoms with Crippen molar-refractivity contribution in [3.8, 4) is 0 Å². The lowest BCUT2D eigenvalue weighted by molar-refractivity contribution is 0.147. The van der Waals surface area contributed by atoms with E-state index in [0.717, 1.165) is 19.3 Å². The minimum absolute atomic E-state index is 0.0440. The van der Waals surface area contributed by atoms with Gasteiger partial charge in [0.2, 0.25) is 0 Å². The second kappa shape index (κ2) is 23.5. The average molecular weight is 379 g/mol. The van der Waals surface area contributed by atoms with Gasteiger partial charge in [-0.15, -0.1) is 0 Å². The van der Waals surface area contributed by atoms with E-state index in [9.17, 15) is 5.11 Å². The van der Waals surface area contributed by atoms with Crippen LogP contribution in [0.25, 0.3) is 0 Å².